The van der Waals surface area contributed by atoms with Gasteiger partial charge in [-0.2, -0.15) is 13.2 Å². The first kappa shape index (κ1) is 18.0. The number of carbonyl (C=O) groups excluding carboxylic acids is 1. The molecule has 1 amide bonds. The molecule has 1 aromatic carbocycles. The molecule has 0 aromatic heterocycles. The summed E-state index contributed by atoms with van der Waals surface area (Å²) in [5, 5.41) is 10.4. The lowest BCUT2D eigenvalue weighted by molar-refractivity contribution is -0.239. The van der Waals surface area contributed by atoms with Crippen LogP contribution in [0.15, 0.2) is 12.1 Å². The highest BCUT2D eigenvalue weighted by atomic mass is 19.4. The van der Waals surface area contributed by atoms with Crippen LogP contribution in [-0.2, 0) is 9.53 Å². The summed E-state index contributed by atoms with van der Waals surface area (Å²) < 4.78 is 83.3. The molecule has 0 saturated carbocycles. The highest BCUT2D eigenvalue weighted by molar-refractivity contribution is 5.86. The zero-order chi connectivity index (χ0) is 18.2. The van der Waals surface area contributed by atoms with Crippen molar-refractivity contribution in [2.45, 2.75) is 30.8 Å². The Balaban J connectivity index is 2.48. The summed E-state index contributed by atoms with van der Waals surface area (Å²) in [5.41, 5.74) is -0.965. The van der Waals surface area contributed by atoms with E-state index in [2.05, 4.69) is 4.74 Å². The third kappa shape index (κ3) is 3.61. The van der Waals surface area contributed by atoms with Crippen molar-refractivity contribution in [1.29, 1.82) is 0 Å². The van der Waals surface area contributed by atoms with Crippen molar-refractivity contribution in [1.82, 2.24) is 5.32 Å². The third-order valence-electron chi connectivity index (χ3n) is 3.30. The summed E-state index contributed by atoms with van der Waals surface area (Å²) in [6, 6.07) is -1.11. The molecule has 0 spiro atoms. The number of hydrogen-bond donors (Lipinski definition) is 2. The van der Waals surface area contributed by atoms with Crippen LogP contribution in [0.3, 0.4) is 0 Å². The second kappa shape index (κ2) is 6.30. The summed E-state index contributed by atoms with van der Waals surface area (Å²) in [6.07, 6.45) is -12.9. The van der Waals surface area contributed by atoms with E-state index in [1.165, 1.54) is 0 Å². The summed E-state index contributed by atoms with van der Waals surface area (Å²) in [4.78, 5) is 22.2. The first-order valence-electron chi connectivity index (χ1n) is 6.39. The summed E-state index contributed by atoms with van der Waals surface area (Å²) in [5.74, 6) is -6.19. The average molecular weight is 357 g/mol. The number of Topliss-reactive ketones (excluding diaryl/α,β-unsaturated/α-hetero) is 1. The number of carboxylic acid groups (broad SMARTS) is 1. The number of ketones is 1. The van der Waals surface area contributed by atoms with Gasteiger partial charge in [-0.3, -0.25) is 4.79 Å². The van der Waals surface area contributed by atoms with Crippen LogP contribution in [0.1, 0.15) is 18.1 Å². The molecule has 0 bridgehead atoms. The molecule has 1 unspecified atom stereocenters. The van der Waals surface area contributed by atoms with E-state index >= 15 is 0 Å². The Morgan fingerprint density at radius 2 is 1.88 bits per heavy atom. The van der Waals surface area contributed by atoms with Gasteiger partial charge >= 0.3 is 12.3 Å². The van der Waals surface area contributed by atoms with E-state index in [9.17, 15) is 35.9 Å². The Labute approximate surface area is 130 Å². The minimum Gasteiger partial charge on any atom is -0.465 e. The Morgan fingerprint density at radius 1 is 1.25 bits per heavy atom. The molecular formula is C13H9F6NO4. The van der Waals surface area contributed by atoms with E-state index in [1.54, 1.807) is 5.32 Å². The molecule has 11 heteroatoms. The Morgan fingerprint density at radius 3 is 2.42 bits per heavy atom. The molecule has 2 N–H and O–H groups in total. The molecule has 5 nitrogen and oxygen atoms in total. The molecule has 1 aromatic rings. The smallest absolute Gasteiger partial charge is 0.421 e. The van der Waals surface area contributed by atoms with Gasteiger partial charge in [-0.05, 0) is 6.07 Å². The molecule has 0 radical (unpaired) electrons. The van der Waals surface area contributed by atoms with Crippen molar-refractivity contribution < 1.29 is 45.8 Å². The maximum atomic E-state index is 13.8. The van der Waals surface area contributed by atoms with E-state index in [4.69, 9.17) is 5.11 Å². The van der Waals surface area contributed by atoms with Gasteiger partial charge < -0.3 is 15.2 Å². The molecule has 1 aliphatic heterocycles. The van der Waals surface area contributed by atoms with E-state index < -0.39 is 65.7 Å². The van der Waals surface area contributed by atoms with Gasteiger partial charge in [0, 0.05) is 18.1 Å². The second-order valence-electron chi connectivity index (χ2n) is 5.00. The largest absolute Gasteiger partial charge is 0.465 e. The fraction of sp³-hybridized carbons (Fsp3) is 0.385. The van der Waals surface area contributed by atoms with Gasteiger partial charge in [-0.15, -0.1) is 0 Å². The molecule has 132 valence electrons. The number of hydrogen-bond acceptors (Lipinski definition) is 3. The Kier molecular flexibility index (Phi) is 4.74. The average Bonchev–Trinajstić information content (AvgIpc) is 2.41. The SMILES string of the molecule is O=C(O)N[C@H]1CC(=O)C(C(F)(F)F)O[C@@H]1c1cc(F)cc(F)c1F. The van der Waals surface area contributed by atoms with Crippen molar-refractivity contribution >= 4 is 11.9 Å². The van der Waals surface area contributed by atoms with Crippen molar-refractivity contribution in [3.8, 4) is 0 Å². The van der Waals surface area contributed by atoms with Crippen LogP contribution < -0.4 is 5.32 Å². The van der Waals surface area contributed by atoms with Crippen molar-refractivity contribution in [3.05, 3.63) is 35.1 Å². The van der Waals surface area contributed by atoms with Crippen LogP contribution in [0.25, 0.3) is 0 Å². The van der Waals surface area contributed by atoms with E-state index in [0.717, 1.165) is 0 Å². The summed E-state index contributed by atoms with van der Waals surface area (Å²) in [7, 11) is 0. The predicted octanol–water partition coefficient (Wildman–Crippen LogP) is 2.70. The van der Waals surface area contributed by atoms with Crippen LogP contribution in [0.5, 0.6) is 0 Å². The lowest BCUT2D eigenvalue weighted by Crippen LogP contribution is -2.53. The minimum atomic E-state index is -5.15. The van der Waals surface area contributed by atoms with Crippen molar-refractivity contribution in [2.75, 3.05) is 0 Å². The van der Waals surface area contributed by atoms with Gasteiger partial charge in [0.05, 0.1) is 6.04 Å². The number of carbonyl (C=O) groups is 2. The second-order valence-corrected chi connectivity index (χ2v) is 5.00. The fourth-order valence-corrected chi connectivity index (χ4v) is 2.37. The molecule has 1 heterocycles. The molecule has 24 heavy (non-hydrogen) atoms. The van der Waals surface area contributed by atoms with E-state index in [-0.39, 0.29) is 6.07 Å². The quantitative estimate of drug-likeness (QED) is 0.630. The highest BCUT2D eigenvalue weighted by Crippen LogP contribution is 2.38. The van der Waals surface area contributed by atoms with E-state index in [0.29, 0.717) is 6.07 Å². The lowest BCUT2D eigenvalue weighted by atomic mass is 9.92. The standard InChI is InChI=1S/C13H9F6NO4/c14-4-1-5(9(16)6(15)2-4)10-7(20-12(22)23)3-8(21)11(24-10)13(17,18)19/h1-2,7,10-11,20H,3H2,(H,22,23)/t7-,10+,11?/m0/s1. The number of halogens is 6. The fourth-order valence-electron chi connectivity index (χ4n) is 2.37. The molecule has 1 fully saturated rings. The van der Waals surface area contributed by atoms with Gasteiger partial charge in [-0.25, -0.2) is 18.0 Å². The maximum Gasteiger partial charge on any atom is 0.421 e. The number of ether oxygens (including phenoxy) is 1. The Hall–Kier alpha value is -2.30. The highest BCUT2D eigenvalue weighted by Gasteiger charge is 2.52. The number of alkyl halides is 3. The van der Waals surface area contributed by atoms with Crippen LogP contribution in [0, 0.1) is 17.5 Å². The van der Waals surface area contributed by atoms with Gasteiger partial charge in [0.15, 0.2) is 17.4 Å². The summed E-state index contributed by atoms with van der Waals surface area (Å²) >= 11 is 0. The van der Waals surface area contributed by atoms with Gasteiger partial charge in [0.25, 0.3) is 0 Å². The van der Waals surface area contributed by atoms with Crippen LogP contribution in [-0.4, -0.2) is 35.3 Å². The monoisotopic (exact) mass is 357 g/mol. The molecule has 1 saturated heterocycles. The topological polar surface area (TPSA) is 75.6 Å². The van der Waals surface area contributed by atoms with Crippen molar-refractivity contribution in [2.24, 2.45) is 0 Å². The number of rotatable bonds is 2. The van der Waals surface area contributed by atoms with E-state index in [1.807, 2.05) is 0 Å². The van der Waals surface area contributed by atoms with Crippen LogP contribution in [0.4, 0.5) is 31.1 Å². The molecule has 3 atom stereocenters. The number of amides is 1. The maximum absolute atomic E-state index is 13.8. The number of nitrogens with one attached hydrogen (secondary N) is 1. The van der Waals surface area contributed by atoms with Gasteiger partial charge in [0.2, 0.25) is 6.10 Å². The first-order valence-corrected chi connectivity index (χ1v) is 6.39. The lowest BCUT2D eigenvalue weighted by Gasteiger charge is -2.36. The zero-order valence-corrected chi connectivity index (χ0v) is 11.5. The predicted molar refractivity (Wildman–Crippen MR) is 64.6 cm³/mol. The molecule has 0 aliphatic carbocycles. The van der Waals surface area contributed by atoms with Gasteiger partial charge in [-0.1, -0.05) is 0 Å². The molecule has 2 rings (SSSR count). The minimum absolute atomic E-state index is 0.160. The number of benzene rings is 1. The summed E-state index contributed by atoms with van der Waals surface area (Å²) in [6.45, 7) is 0. The van der Waals surface area contributed by atoms with Gasteiger partial charge in [0.1, 0.15) is 11.9 Å². The van der Waals surface area contributed by atoms with Crippen LogP contribution in [0.2, 0.25) is 0 Å². The Bertz CT molecular complexity index is 677. The first-order chi connectivity index (χ1) is 11.0. The zero-order valence-electron chi connectivity index (χ0n) is 11.5. The normalized spacial score (nSPS) is 24.8. The van der Waals surface area contributed by atoms with Crippen molar-refractivity contribution in [3.63, 3.8) is 0 Å². The third-order valence-corrected chi connectivity index (χ3v) is 3.30. The van der Waals surface area contributed by atoms with Crippen LogP contribution >= 0.6 is 0 Å². The molecule has 1 aliphatic rings. The molecular weight excluding hydrogens is 348 g/mol.